The number of hydrogen-bond acceptors (Lipinski definition) is 3. The molecule has 0 aliphatic carbocycles. The number of hydrogen-bond donors (Lipinski definition) is 1. The van der Waals surface area contributed by atoms with Gasteiger partial charge in [0.25, 0.3) is 0 Å². The summed E-state index contributed by atoms with van der Waals surface area (Å²) in [6, 6.07) is 5.39. The summed E-state index contributed by atoms with van der Waals surface area (Å²) in [4.78, 5) is 2.42. The smallest absolute Gasteiger partial charge is 0.195 e. The second-order valence-electron chi connectivity index (χ2n) is 4.20. The van der Waals surface area contributed by atoms with Gasteiger partial charge in [-0.15, -0.1) is 0 Å². The predicted octanol–water partition coefficient (Wildman–Crippen LogP) is 1.61. The fourth-order valence-corrected chi connectivity index (χ4v) is 2.78. The van der Waals surface area contributed by atoms with Gasteiger partial charge in [0, 0.05) is 24.7 Å². The Bertz CT molecular complexity index is 296. The van der Waals surface area contributed by atoms with Crippen LogP contribution in [0.15, 0.2) is 22.8 Å². The lowest BCUT2D eigenvalue weighted by Crippen LogP contribution is -2.48. The summed E-state index contributed by atoms with van der Waals surface area (Å²) in [5.74, 6) is 1.04. The second kappa shape index (κ2) is 3.31. The van der Waals surface area contributed by atoms with Gasteiger partial charge in [-0.25, -0.2) is 0 Å². The summed E-state index contributed by atoms with van der Waals surface area (Å²) in [6.45, 7) is 2.31. The molecule has 3 heterocycles. The van der Waals surface area contributed by atoms with Crippen LogP contribution in [0.5, 0.6) is 0 Å². The van der Waals surface area contributed by atoms with Gasteiger partial charge in [0.1, 0.15) is 0 Å². The monoisotopic (exact) mass is 192 g/mol. The van der Waals surface area contributed by atoms with E-state index in [9.17, 15) is 0 Å². The normalized spacial score (nSPS) is 31.9. The van der Waals surface area contributed by atoms with Crippen molar-refractivity contribution in [2.75, 3.05) is 18.0 Å². The van der Waals surface area contributed by atoms with Crippen LogP contribution in [0.4, 0.5) is 5.88 Å². The maximum absolute atomic E-state index is 5.48. The zero-order valence-corrected chi connectivity index (χ0v) is 8.28. The Labute approximate surface area is 84.1 Å². The molecular weight excluding hydrogens is 176 g/mol. The van der Waals surface area contributed by atoms with Gasteiger partial charge in [-0.05, 0) is 31.9 Å². The molecule has 2 fully saturated rings. The molecule has 0 spiro atoms. The Hall–Kier alpha value is -0.960. The molecule has 0 amide bonds. The topological polar surface area (TPSA) is 28.4 Å². The van der Waals surface area contributed by atoms with Gasteiger partial charge in [0.05, 0.1) is 6.26 Å². The zero-order chi connectivity index (χ0) is 9.38. The molecule has 3 heteroatoms. The summed E-state index contributed by atoms with van der Waals surface area (Å²) >= 11 is 0. The molecule has 2 aliphatic heterocycles. The van der Waals surface area contributed by atoms with Crippen molar-refractivity contribution in [1.82, 2.24) is 5.32 Å². The Kier molecular flexibility index (Phi) is 1.98. The Morgan fingerprint density at radius 1 is 1.43 bits per heavy atom. The van der Waals surface area contributed by atoms with Crippen molar-refractivity contribution in [3.8, 4) is 0 Å². The molecule has 2 unspecified atom stereocenters. The first-order valence-electron chi connectivity index (χ1n) is 5.49. The van der Waals surface area contributed by atoms with E-state index in [2.05, 4.69) is 16.3 Å². The lowest BCUT2D eigenvalue weighted by molar-refractivity contribution is 0.388. The predicted molar refractivity (Wildman–Crippen MR) is 55.5 cm³/mol. The largest absolute Gasteiger partial charge is 0.449 e. The number of fused-ring (bicyclic) bond motifs is 1. The molecule has 3 rings (SSSR count). The third kappa shape index (κ3) is 1.23. The fourth-order valence-electron chi connectivity index (χ4n) is 2.78. The Morgan fingerprint density at radius 2 is 2.43 bits per heavy atom. The van der Waals surface area contributed by atoms with E-state index in [1.807, 2.05) is 6.07 Å². The molecule has 0 bridgehead atoms. The summed E-state index contributed by atoms with van der Waals surface area (Å²) < 4.78 is 5.48. The van der Waals surface area contributed by atoms with Crippen molar-refractivity contribution in [3.05, 3.63) is 18.4 Å². The lowest BCUT2D eigenvalue weighted by Gasteiger charge is -2.37. The average molecular weight is 192 g/mol. The van der Waals surface area contributed by atoms with E-state index in [-0.39, 0.29) is 0 Å². The number of nitrogens with zero attached hydrogens (tertiary/aromatic N) is 1. The minimum atomic E-state index is 0.662. The minimum Gasteiger partial charge on any atom is -0.449 e. The fraction of sp³-hybridized carbons (Fsp3) is 0.636. The molecule has 1 aromatic heterocycles. The molecule has 76 valence electrons. The van der Waals surface area contributed by atoms with Gasteiger partial charge in [-0.1, -0.05) is 0 Å². The van der Waals surface area contributed by atoms with Crippen LogP contribution in [0, 0.1) is 0 Å². The molecule has 1 N–H and O–H groups in total. The summed E-state index contributed by atoms with van der Waals surface area (Å²) in [7, 11) is 0. The minimum absolute atomic E-state index is 0.662. The number of piperidine rings is 1. The summed E-state index contributed by atoms with van der Waals surface area (Å²) in [5, 5.41) is 3.57. The molecule has 14 heavy (non-hydrogen) atoms. The lowest BCUT2D eigenvalue weighted by atomic mass is 9.98. The van der Waals surface area contributed by atoms with Crippen LogP contribution in [0.1, 0.15) is 19.3 Å². The van der Waals surface area contributed by atoms with Crippen LogP contribution in [0.2, 0.25) is 0 Å². The van der Waals surface area contributed by atoms with E-state index >= 15 is 0 Å². The highest BCUT2D eigenvalue weighted by Crippen LogP contribution is 2.29. The van der Waals surface area contributed by atoms with Crippen molar-refractivity contribution in [2.45, 2.75) is 31.3 Å². The summed E-state index contributed by atoms with van der Waals surface area (Å²) in [5.41, 5.74) is 0. The molecule has 2 saturated heterocycles. The number of nitrogens with one attached hydrogen (secondary N) is 1. The first-order valence-corrected chi connectivity index (χ1v) is 5.49. The van der Waals surface area contributed by atoms with Gasteiger partial charge in [-0.3, -0.25) is 0 Å². The standard InChI is InChI=1S/C11H16N2O/c1-3-9-10(5-6-12-9)13(7-1)11-4-2-8-14-11/h2,4,8-10,12H,1,3,5-7H2. The van der Waals surface area contributed by atoms with Gasteiger partial charge >= 0.3 is 0 Å². The first kappa shape index (κ1) is 8.36. The van der Waals surface area contributed by atoms with Gasteiger partial charge in [0.2, 0.25) is 0 Å². The molecule has 1 aromatic rings. The van der Waals surface area contributed by atoms with E-state index in [1.165, 1.54) is 19.3 Å². The van der Waals surface area contributed by atoms with Gasteiger partial charge in [0.15, 0.2) is 5.88 Å². The highest BCUT2D eigenvalue weighted by molar-refractivity contribution is 5.38. The molecule has 2 aliphatic rings. The second-order valence-corrected chi connectivity index (χ2v) is 4.20. The van der Waals surface area contributed by atoms with E-state index < -0.39 is 0 Å². The quantitative estimate of drug-likeness (QED) is 0.732. The van der Waals surface area contributed by atoms with E-state index in [1.54, 1.807) is 6.26 Å². The highest BCUT2D eigenvalue weighted by atomic mass is 16.3. The Morgan fingerprint density at radius 3 is 3.29 bits per heavy atom. The number of anilines is 1. The van der Waals surface area contributed by atoms with E-state index in [0.29, 0.717) is 12.1 Å². The van der Waals surface area contributed by atoms with Gasteiger partial charge < -0.3 is 14.6 Å². The van der Waals surface area contributed by atoms with Crippen LogP contribution in [-0.2, 0) is 0 Å². The molecular formula is C11H16N2O. The number of furan rings is 1. The van der Waals surface area contributed by atoms with Gasteiger partial charge in [-0.2, -0.15) is 0 Å². The van der Waals surface area contributed by atoms with Crippen LogP contribution < -0.4 is 10.2 Å². The van der Waals surface area contributed by atoms with Crippen LogP contribution in [0.25, 0.3) is 0 Å². The van der Waals surface area contributed by atoms with Crippen molar-refractivity contribution in [1.29, 1.82) is 0 Å². The highest BCUT2D eigenvalue weighted by Gasteiger charge is 2.35. The van der Waals surface area contributed by atoms with Crippen molar-refractivity contribution in [2.24, 2.45) is 0 Å². The average Bonchev–Trinajstić information content (AvgIpc) is 2.88. The maximum Gasteiger partial charge on any atom is 0.195 e. The molecule has 0 radical (unpaired) electrons. The first-order chi connectivity index (χ1) is 6.95. The van der Waals surface area contributed by atoms with Crippen molar-refractivity contribution >= 4 is 5.88 Å². The van der Waals surface area contributed by atoms with E-state index in [4.69, 9.17) is 4.42 Å². The van der Waals surface area contributed by atoms with Crippen LogP contribution in [-0.4, -0.2) is 25.2 Å². The maximum atomic E-state index is 5.48. The van der Waals surface area contributed by atoms with Crippen LogP contribution in [0.3, 0.4) is 0 Å². The van der Waals surface area contributed by atoms with Crippen LogP contribution >= 0.6 is 0 Å². The molecule has 0 aromatic carbocycles. The Balaban J connectivity index is 1.84. The molecule has 3 nitrogen and oxygen atoms in total. The molecule has 0 saturated carbocycles. The third-order valence-corrected chi connectivity index (χ3v) is 3.41. The molecule has 2 atom stereocenters. The SMILES string of the molecule is c1coc(N2CCCC3NCCC32)c1. The van der Waals surface area contributed by atoms with E-state index in [0.717, 1.165) is 19.0 Å². The van der Waals surface area contributed by atoms with Crippen molar-refractivity contribution in [3.63, 3.8) is 0 Å². The number of rotatable bonds is 1. The summed E-state index contributed by atoms with van der Waals surface area (Å²) in [6.07, 6.45) is 5.61. The third-order valence-electron chi connectivity index (χ3n) is 3.41. The zero-order valence-electron chi connectivity index (χ0n) is 8.28. The van der Waals surface area contributed by atoms with Crippen molar-refractivity contribution < 1.29 is 4.42 Å².